The first-order chi connectivity index (χ1) is 15.6. The Morgan fingerprint density at radius 3 is 1.97 bits per heavy atom. The van der Waals surface area contributed by atoms with E-state index < -0.39 is 0 Å². The molecular formula is C26H52N4O2. The maximum absolute atomic E-state index is 12.1. The molecule has 0 aromatic rings. The monoisotopic (exact) mass is 452 g/mol. The molecule has 0 unspecified atom stereocenters. The van der Waals surface area contributed by atoms with Gasteiger partial charge < -0.3 is 21.5 Å². The van der Waals surface area contributed by atoms with Gasteiger partial charge in [0.2, 0.25) is 0 Å². The number of rotatable bonds is 23. The summed E-state index contributed by atoms with van der Waals surface area (Å²) in [5.74, 6) is -0.0865. The Labute approximate surface area is 198 Å². The van der Waals surface area contributed by atoms with Gasteiger partial charge in [-0.3, -0.25) is 9.79 Å². The zero-order chi connectivity index (χ0) is 23.7. The van der Waals surface area contributed by atoms with Crippen molar-refractivity contribution in [3.8, 4) is 0 Å². The van der Waals surface area contributed by atoms with E-state index in [1.807, 2.05) is 6.92 Å². The number of carbonyl (C=O) groups excluding carboxylic acids is 1. The fraction of sp³-hybridized carbons (Fsp3) is 0.846. The maximum Gasteiger partial charge on any atom is 0.323 e. The Hall–Kier alpha value is -1.56. The molecule has 0 fully saturated rings. The fourth-order valence-corrected chi connectivity index (χ4v) is 3.70. The van der Waals surface area contributed by atoms with Crippen molar-refractivity contribution in [1.82, 2.24) is 5.32 Å². The summed E-state index contributed by atoms with van der Waals surface area (Å²) in [6, 6.07) is -0.271. The molecule has 6 nitrogen and oxygen atoms in total. The van der Waals surface area contributed by atoms with E-state index >= 15 is 0 Å². The number of carbonyl (C=O) groups is 1. The topological polar surface area (TPSA) is 103 Å². The SMILES string of the molecule is CCCCCCCC/C=C\CCCCCCCCN[C@@H](CCCN=C(N)N)C(=O)OCC. The molecule has 0 aliphatic carbocycles. The summed E-state index contributed by atoms with van der Waals surface area (Å²) in [5, 5.41) is 3.35. The molecule has 0 bridgehead atoms. The van der Waals surface area contributed by atoms with Crippen LogP contribution in [0, 0.1) is 0 Å². The number of unbranched alkanes of at least 4 members (excludes halogenated alkanes) is 12. The summed E-state index contributed by atoms with van der Waals surface area (Å²) in [5.41, 5.74) is 10.7. The van der Waals surface area contributed by atoms with Gasteiger partial charge in [-0.1, -0.05) is 76.9 Å². The lowest BCUT2D eigenvalue weighted by Gasteiger charge is -2.17. The highest BCUT2D eigenvalue weighted by atomic mass is 16.5. The van der Waals surface area contributed by atoms with Crippen LogP contribution < -0.4 is 16.8 Å². The van der Waals surface area contributed by atoms with Crippen molar-refractivity contribution in [2.24, 2.45) is 16.5 Å². The van der Waals surface area contributed by atoms with Gasteiger partial charge >= 0.3 is 5.97 Å². The van der Waals surface area contributed by atoms with Gasteiger partial charge in [0.1, 0.15) is 6.04 Å². The fourth-order valence-electron chi connectivity index (χ4n) is 3.70. The van der Waals surface area contributed by atoms with Crippen molar-refractivity contribution < 1.29 is 9.53 Å². The van der Waals surface area contributed by atoms with Crippen LogP contribution in [0.5, 0.6) is 0 Å². The molecule has 0 radical (unpaired) electrons. The van der Waals surface area contributed by atoms with Crippen molar-refractivity contribution in [3.05, 3.63) is 12.2 Å². The third kappa shape index (κ3) is 21.7. The van der Waals surface area contributed by atoms with Crippen LogP contribution in [-0.2, 0) is 9.53 Å². The zero-order valence-corrected chi connectivity index (χ0v) is 21.1. The zero-order valence-electron chi connectivity index (χ0n) is 21.1. The van der Waals surface area contributed by atoms with Crippen LogP contribution in [0.2, 0.25) is 0 Å². The molecule has 0 aromatic heterocycles. The minimum absolute atomic E-state index is 0.0924. The summed E-state index contributed by atoms with van der Waals surface area (Å²) < 4.78 is 5.17. The first-order valence-corrected chi connectivity index (χ1v) is 13.2. The van der Waals surface area contributed by atoms with Crippen molar-refractivity contribution >= 4 is 11.9 Å². The first-order valence-electron chi connectivity index (χ1n) is 13.2. The molecule has 1 atom stereocenters. The summed E-state index contributed by atoms with van der Waals surface area (Å²) in [6.45, 7) is 5.88. The number of esters is 1. The molecule has 0 saturated heterocycles. The van der Waals surface area contributed by atoms with Crippen molar-refractivity contribution in [3.63, 3.8) is 0 Å². The van der Waals surface area contributed by atoms with Gasteiger partial charge in [0.05, 0.1) is 6.61 Å². The molecule has 0 aliphatic heterocycles. The lowest BCUT2D eigenvalue weighted by atomic mass is 10.1. The molecule has 0 aliphatic rings. The van der Waals surface area contributed by atoms with E-state index in [0.29, 0.717) is 19.6 Å². The molecule has 5 N–H and O–H groups in total. The highest BCUT2D eigenvalue weighted by Crippen LogP contribution is 2.10. The van der Waals surface area contributed by atoms with E-state index in [-0.39, 0.29) is 18.0 Å². The van der Waals surface area contributed by atoms with E-state index in [9.17, 15) is 4.79 Å². The van der Waals surface area contributed by atoms with Gasteiger partial charge in [-0.25, -0.2) is 0 Å². The molecule has 0 saturated carbocycles. The van der Waals surface area contributed by atoms with Crippen LogP contribution in [0.15, 0.2) is 17.1 Å². The number of aliphatic imine (C=N–C) groups is 1. The van der Waals surface area contributed by atoms with Gasteiger partial charge in [0.25, 0.3) is 0 Å². The number of nitrogens with zero attached hydrogens (tertiary/aromatic N) is 1. The van der Waals surface area contributed by atoms with Crippen LogP contribution in [0.25, 0.3) is 0 Å². The number of hydrogen-bond acceptors (Lipinski definition) is 4. The molecular weight excluding hydrogens is 400 g/mol. The van der Waals surface area contributed by atoms with Crippen LogP contribution in [0.3, 0.4) is 0 Å². The van der Waals surface area contributed by atoms with Gasteiger partial charge in [0.15, 0.2) is 5.96 Å². The van der Waals surface area contributed by atoms with Gasteiger partial charge in [-0.05, 0) is 58.4 Å². The van der Waals surface area contributed by atoms with Crippen LogP contribution >= 0.6 is 0 Å². The van der Waals surface area contributed by atoms with Gasteiger partial charge in [-0.15, -0.1) is 0 Å². The second-order valence-corrected chi connectivity index (χ2v) is 8.65. The Balaban J connectivity index is 3.62. The second kappa shape index (κ2) is 24.1. The molecule has 32 heavy (non-hydrogen) atoms. The average Bonchev–Trinajstić information content (AvgIpc) is 2.77. The molecule has 0 spiro atoms. The Bertz CT molecular complexity index is 476. The van der Waals surface area contributed by atoms with E-state index in [4.69, 9.17) is 16.2 Å². The highest BCUT2D eigenvalue weighted by Gasteiger charge is 2.18. The standard InChI is InChI=1S/C26H52N4O2/c1-3-5-6-7-8-9-10-11-12-13-14-15-16-17-18-19-22-29-24(25(31)32-4-2)21-20-23-30-26(27)28/h11-12,24,29H,3-10,13-23H2,1-2H3,(H4,27,28,30)/b12-11-/t24-/m0/s1. The lowest BCUT2D eigenvalue weighted by molar-refractivity contribution is -0.145. The number of guanidine groups is 1. The molecule has 0 heterocycles. The number of ether oxygens (including phenoxy) is 1. The molecule has 0 rings (SSSR count). The molecule has 0 aromatic carbocycles. The summed E-state index contributed by atoms with van der Waals surface area (Å²) in [7, 11) is 0. The second-order valence-electron chi connectivity index (χ2n) is 8.65. The molecule has 188 valence electrons. The number of nitrogens with two attached hydrogens (primary N) is 2. The Morgan fingerprint density at radius 1 is 0.844 bits per heavy atom. The molecule has 6 heteroatoms. The van der Waals surface area contributed by atoms with Crippen LogP contribution in [-0.4, -0.2) is 37.7 Å². The van der Waals surface area contributed by atoms with E-state index in [1.54, 1.807) is 0 Å². The minimum Gasteiger partial charge on any atom is -0.465 e. The van der Waals surface area contributed by atoms with E-state index in [1.165, 1.54) is 83.5 Å². The van der Waals surface area contributed by atoms with Gasteiger partial charge in [0, 0.05) is 6.54 Å². The summed E-state index contributed by atoms with van der Waals surface area (Å²) in [6.07, 6.45) is 24.4. The number of nitrogens with one attached hydrogen (secondary N) is 1. The summed E-state index contributed by atoms with van der Waals surface area (Å²) in [4.78, 5) is 16.1. The number of allylic oxidation sites excluding steroid dienone is 2. The summed E-state index contributed by atoms with van der Waals surface area (Å²) >= 11 is 0. The van der Waals surface area contributed by atoms with E-state index in [2.05, 4.69) is 29.4 Å². The van der Waals surface area contributed by atoms with E-state index in [0.717, 1.165) is 19.4 Å². The minimum atomic E-state index is -0.271. The highest BCUT2D eigenvalue weighted by molar-refractivity contribution is 5.76. The normalized spacial score (nSPS) is 12.2. The Morgan fingerprint density at radius 2 is 1.41 bits per heavy atom. The van der Waals surface area contributed by atoms with Crippen molar-refractivity contribution in [2.75, 3.05) is 19.7 Å². The number of hydrogen-bond donors (Lipinski definition) is 3. The van der Waals surface area contributed by atoms with Crippen LogP contribution in [0.1, 0.15) is 117 Å². The van der Waals surface area contributed by atoms with Gasteiger partial charge in [-0.2, -0.15) is 0 Å². The average molecular weight is 453 g/mol. The molecule has 0 amide bonds. The largest absolute Gasteiger partial charge is 0.465 e. The van der Waals surface area contributed by atoms with Crippen molar-refractivity contribution in [1.29, 1.82) is 0 Å². The predicted molar refractivity (Wildman–Crippen MR) is 138 cm³/mol. The third-order valence-electron chi connectivity index (χ3n) is 5.60. The Kier molecular flexibility index (Phi) is 22.9. The predicted octanol–water partition coefficient (Wildman–Crippen LogP) is 5.60. The van der Waals surface area contributed by atoms with Crippen LogP contribution in [0.4, 0.5) is 0 Å². The quantitative estimate of drug-likeness (QED) is 0.0615. The lowest BCUT2D eigenvalue weighted by Crippen LogP contribution is -2.38. The third-order valence-corrected chi connectivity index (χ3v) is 5.60. The maximum atomic E-state index is 12.1. The van der Waals surface area contributed by atoms with Crippen molar-refractivity contribution in [2.45, 2.75) is 123 Å². The smallest absolute Gasteiger partial charge is 0.323 e. The first kappa shape index (κ1) is 30.4.